The van der Waals surface area contributed by atoms with Crippen LogP contribution in [0.1, 0.15) is 17.2 Å². The minimum absolute atomic E-state index is 0.126. The Bertz CT molecular complexity index is 840. The maximum absolute atomic E-state index is 12.3. The van der Waals surface area contributed by atoms with Crippen molar-refractivity contribution < 1.29 is 14.7 Å². The number of H-pyrrole nitrogens is 1. The lowest BCUT2D eigenvalue weighted by Gasteiger charge is -2.14. The van der Waals surface area contributed by atoms with Gasteiger partial charge in [0.2, 0.25) is 5.91 Å². The van der Waals surface area contributed by atoms with E-state index in [0.717, 1.165) is 16.5 Å². The molecule has 0 aliphatic rings. The van der Waals surface area contributed by atoms with Crippen molar-refractivity contribution in [3.8, 4) is 0 Å². The number of rotatable bonds is 5. The van der Waals surface area contributed by atoms with Gasteiger partial charge in [0.05, 0.1) is 6.42 Å². The smallest absolute Gasteiger partial charge is 0.330 e. The second-order valence-electron chi connectivity index (χ2n) is 5.29. The van der Waals surface area contributed by atoms with Gasteiger partial charge < -0.3 is 15.4 Å². The van der Waals surface area contributed by atoms with Crippen LogP contribution in [0.2, 0.25) is 0 Å². The highest BCUT2D eigenvalue weighted by Gasteiger charge is 2.22. The summed E-state index contributed by atoms with van der Waals surface area (Å²) in [5, 5.41) is 12.9. The Morgan fingerprint density at radius 1 is 1.04 bits per heavy atom. The fourth-order valence-electron chi connectivity index (χ4n) is 2.60. The van der Waals surface area contributed by atoms with Gasteiger partial charge in [-0.3, -0.25) is 4.79 Å². The molecule has 5 nitrogen and oxygen atoms in total. The fraction of sp³-hybridized carbons (Fsp3) is 0.111. The van der Waals surface area contributed by atoms with Crippen LogP contribution in [0.5, 0.6) is 0 Å². The highest BCUT2D eigenvalue weighted by Crippen LogP contribution is 2.19. The first-order valence-electron chi connectivity index (χ1n) is 7.27. The van der Waals surface area contributed by atoms with Gasteiger partial charge in [0.15, 0.2) is 6.04 Å². The molecule has 116 valence electrons. The van der Waals surface area contributed by atoms with Gasteiger partial charge in [-0.25, -0.2) is 4.79 Å². The average molecular weight is 308 g/mol. The second-order valence-corrected chi connectivity index (χ2v) is 5.29. The van der Waals surface area contributed by atoms with E-state index < -0.39 is 12.0 Å². The maximum Gasteiger partial charge on any atom is 0.330 e. The van der Waals surface area contributed by atoms with Gasteiger partial charge in [0, 0.05) is 17.1 Å². The lowest BCUT2D eigenvalue weighted by molar-refractivity contribution is -0.141. The highest BCUT2D eigenvalue weighted by atomic mass is 16.4. The quantitative estimate of drug-likeness (QED) is 0.677. The Hall–Kier alpha value is -3.08. The summed E-state index contributed by atoms with van der Waals surface area (Å²) in [5.74, 6) is -1.41. The summed E-state index contributed by atoms with van der Waals surface area (Å²) < 4.78 is 0. The summed E-state index contributed by atoms with van der Waals surface area (Å²) in [6.07, 6.45) is 1.91. The molecule has 0 radical (unpaired) electrons. The Balaban J connectivity index is 1.76. The molecule has 1 unspecified atom stereocenters. The molecule has 2 aromatic carbocycles. The molecule has 3 rings (SSSR count). The summed E-state index contributed by atoms with van der Waals surface area (Å²) in [6.45, 7) is 0. The van der Waals surface area contributed by atoms with E-state index in [1.165, 1.54) is 0 Å². The van der Waals surface area contributed by atoms with E-state index in [4.69, 9.17) is 0 Å². The molecule has 0 saturated heterocycles. The van der Waals surface area contributed by atoms with Crippen LogP contribution >= 0.6 is 0 Å². The van der Waals surface area contributed by atoms with Gasteiger partial charge in [-0.15, -0.1) is 0 Å². The van der Waals surface area contributed by atoms with E-state index in [9.17, 15) is 14.7 Å². The third-order valence-corrected chi connectivity index (χ3v) is 3.71. The number of benzene rings is 2. The van der Waals surface area contributed by atoms with Crippen molar-refractivity contribution in [3.63, 3.8) is 0 Å². The molecule has 0 aliphatic heterocycles. The number of aliphatic carboxylic acids is 1. The van der Waals surface area contributed by atoms with E-state index >= 15 is 0 Å². The van der Waals surface area contributed by atoms with Crippen LogP contribution in [0.25, 0.3) is 10.9 Å². The summed E-state index contributed by atoms with van der Waals surface area (Å²) in [4.78, 5) is 26.8. The summed E-state index contributed by atoms with van der Waals surface area (Å²) in [6, 6.07) is 15.3. The molecule has 0 bridgehead atoms. The van der Waals surface area contributed by atoms with Crippen LogP contribution in [-0.2, 0) is 16.0 Å². The molecule has 3 aromatic rings. The number of carboxylic acid groups (broad SMARTS) is 1. The van der Waals surface area contributed by atoms with Gasteiger partial charge in [-0.2, -0.15) is 0 Å². The Morgan fingerprint density at radius 3 is 2.48 bits per heavy atom. The number of nitrogens with one attached hydrogen (secondary N) is 2. The van der Waals surface area contributed by atoms with Crippen LogP contribution in [0.3, 0.4) is 0 Å². The molecule has 5 heteroatoms. The number of amides is 1. The molecule has 1 heterocycles. The third kappa shape index (κ3) is 3.23. The zero-order valence-electron chi connectivity index (χ0n) is 12.3. The van der Waals surface area contributed by atoms with Crippen molar-refractivity contribution in [2.75, 3.05) is 0 Å². The van der Waals surface area contributed by atoms with E-state index in [1.54, 1.807) is 36.5 Å². The lowest BCUT2D eigenvalue weighted by Crippen LogP contribution is -2.34. The van der Waals surface area contributed by atoms with Gasteiger partial charge in [0.1, 0.15) is 0 Å². The molecule has 1 atom stereocenters. The number of carboxylic acids is 1. The monoisotopic (exact) mass is 308 g/mol. The Labute approximate surface area is 133 Å². The standard InChI is InChI=1S/C18H16N2O3/c21-16(10-13-11-19-15-9-5-4-8-14(13)15)20-17(18(22)23)12-6-2-1-3-7-12/h1-9,11,17,19H,10H2,(H,20,21)(H,22,23). The van der Waals surface area contributed by atoms with Crippen molar-refractivity contribution in [2.45, 2.75) is 12.5 Å². The van der Waals surface area contributed by atoms with E-state index in [0.29, 0.717) is 5.56 Å². The number of fused-ring (bicyclic) bond motifs is 1. The normalized spacial score (nSPS) is 12.0. The maximum atomic E-state index is 12.3. The first-order valence-corrected chi connectivity index (χ1v) is 7.27. The zero-order valence-corrected chi connectivity index (χ0v) is 12.3. The molecule has 1 aromatic heterocycles. The zero-order chi connectivity index (χ0) is 16.2. The number of aromatic nitrogens is 1. The van der Waals surface area contributed by atoms with E-state index in [2.05, 4.69) is 10.3 Å². The first-order chi connectivity index (χ1) is 11.1. The van der Waals surface area contributed by atoms with E-state index in [1.807, 2.05) is 24.3 Å². The largest absolute Gasteiger partial charge is 0.479 e. The molecule has 0 fully saturated rings. The summed E-state index contributed by atoms with van der Waals surface area (Å²) in [7, 11) is 0. The van der Waals surface area contributed by atoms with Crippen LogP contribution < -0.4 is 5.32 Å². The Morgan fingerprint density at radius 2 is 1.74 bits per heavy atom. The minimum Gasteiger partial charge on any atom is -0.479 e. The fourth-order valence-corrected chi connectivity index (χ4v) is 2.60. The topological polar surface area (TPSA) is 82.2 Å². The minimum atomic E-state index is -1.08. The number of hydrogen-bond acceptors (Lipinski definition) is 2. The molecular formula is C18H16N2O3. The third-order valence-electron chi connectivity index (χ3n) is 3.71. The van der Waals surface area contributed by atoms with Crippen molar-refractivity contribution in [3.05, 3.63) is 71.9 Å². The molecule has 0 saturated carbocycles. The summed E-state index contributed by atoms with van der Waals surface area (Å²) in [5.41, 5.74) is 2.34. The average Bonchev–Trinajstić information content (AvgIpc) is 2.96. The van der Waals surface area contributed by atoms with Crippen LogP contribution in [0, 0.1) is 0 Å². The predicted octanol–water partition coefficient (Wildman–Crippen LogP) is 2.65. The summed E-state index contributed by atoms with van der Waals surface area (Å²) >= 11 is 0. The van der Waals surface area contributed by atoms with Gasteiger partial charge in [-0.05, 0) is 17.2 Å². The Kier molecular flexibility index (Phi) is 4.10. The van der Waals surface area contributed by atoms with Crippen molar-refractivity contribution >= 4 is 22.8 Å². The van der Waals surface area contributed by atoms with Crippen LogP contribution in [-0.4, -0.2) is 22.0 Å². The first kappa shape index (κ1) is 14.8. The second kappa shape index (κ2) is 6.36. The highest BCUT2D eigenvalue weighted by molar-refractivity contribution is 5.90. The van der Waals surface area contributed by atoms with Gasteiger partial charge >= 0.3 is 5.97 Å². The van der Waals surface area contributed by atoms with Crippen molar-refractivity contribution in [1.29, 1.82) is 0 Å². The number of carbonyl (C=O) groups is 2. The molecule has 23 heavy (non-hydrogen) atoms. The molecule has 0 spiro atoms. The van der Waals surface area contributed by atoms with Gasteiger partial charge in [-0.1, -0.05) is 48.5 Å². The van der Waals surface area contributed by atoms with Crippen molar-refractivity contribution in [2.24, 2.45) is 0 Å². The molecule has 3 N–H and O–H groups in total. The van der Waals surface area contributed by atoms with Gasteiger partial charge in [0.25, 0.3) is 0 Å². The van der Waals surface area contributed by atoms with Crippen LogP contribution in [0.4, 0.5) is 0 Å². The van der Waals surface area contributed by atoms with Crippen LogP contribution in [0.15, 0.2) is 60.8 Å². The number of aromatic amines is 1. The molecule has 1 amide bonds. The van der Waals surface area contributed by atoms with Crippen molar-refractivity contribution in [1.82, 2.24) is 10.3 Å². The lowest BCUT2D eigenvalue weighted by atomic mass is 10.1. The van der Waals surface area contributed by atoms with E-state index in [-0.39, 0.29) is 12.3 Å². The number of hydrogen-bond donors (Lipinski definition) is 3. The molecular weight excluding hydrogens is 292 g/mol. The number of carbonyl (C=O) groups excluding carboxylic acids is 1. The SMILES string of the molecule is O=C(Cc1c[nH]c2ccccc12)NC(C(=O)O)c1ccccc1. The molecule has 0 aliphatic carbocycles. The number of para-hydroxylation sites is 1. The predicted molar refractivity (Wildman–Crippen MR) is 87.0 cm³/mol.